The molecule has 1 fully saturated rings. The Hall–Kier alpha value is -1.33. The maximum absolute atomic E-state index is 12.2. The highest BCUT2D eigenvalue weighted by Crippen LogP contribution is 2.40. The molecule has 0 spiro atoms. The molecule has 100 valence electrons. The van der Waals surface area contributed by atoms with Crippen molar-refractivity contribution in [3.63, 3.8) is 0 Å². The molecule has 1 amide bonds. The van der Waals surface area contributed by atoms with E-state index in [1.807, 2.05) is 52.0 Å². The van der Waals surface area contributed by atoms with Crippen LogP contribution in [0.4, 0.5) is 5.69 Å². The van der Waals surface area contributed by atoms with E-state index < -0.39 is 18.5 Å². The molecule has 3 rings (SSSR count). The second-order valence-corrected chi connectivity index (χ2v) is 6.13. The van der Waals surface area contributed by atoms with Crippen molar-refractivity contribution in [3.8, 4) is 0 Å². The van der Waals surface area contributed by atoms with Crippen molar-refractivity contribution in [2.24, 2.45) is 0 Å². The Morgan fingerprint density at radius 1 is 1.11 bits per heavy atom. The van der Waals surface area contributed by atoms with Crippen LogP contribution in [0, 0.1) is 0 Å². The number of rotatable bonds is 1. The number of carbonyl (C=O) groups is 1. The van der Waals surface area contributed by atoms with Crippen LogP contribution in [0.1, 0.15) is 33.3 Å². The van der Waals surface area contributed by atoms with Crippen molar-refractivity contribution >= 4 is 18.8 Å². The fraction of sp³-hybridized carbons (Fsp3) is 0.500. The highest BCUT2D eigenvalue weighted by atomic mass is 16.7. The number of fused-ring (bicyclic) bond motifs is 1. The summed E-state index contributed by atoms with van der Waals surface area (Å²) in [5.41, 5.74) is 1.05. The third kappa shape index (κ3) is 1.80. The topological polar surface area (TPSA) is 38.8 Å². The Bertz CT molecular complexity index is 525. The Morgan fingerprint density at radius 3 is 2.32 bits per heavy atom. The number of carbonyl (C=O) groups excluding carboxylic acids is 1. The molecule has 0 aromatic heterocycles. The van der Waals surface area contributed by atoms with Crippen molar-refractivity contribution in [2.75, 3.05) is 4.81 Å². The van der Waals surface area contributed by atoms with Gasteiger partial charge in [0.2, 0.25) is 5.91 Å². The van der Waals surface area contributed by atoms with E-state index in [0.717, 1.165) is 11.3 Å². The van der Waals surface area contributed by atoms with Crippen molar-refractivity contribution in [2.45, 2.75) is 45.3 Å². The first-order valence-corrected chi connectivity index (χ1v) is 6.57. The van der Waals surface area contributed by atoms with E-state index in [1.165, 1.54) is 0 Å². The van der Waals surface area contributed by atoms with E-state index >= 15 is 0 Å². The van der Waals surface area contributed by atoms with Crippen LogP contribution in [0.3, 0.4) is 0 Å². The molecule has 2 heterocycles. The van der Waals surface area contributed by atoms with E-state index in [-0.39, 0.29) is 5.91 Å². The average Bonchev–Trinajstić information content (AvgIpc) is 2.72. The summed E-state index contributed by atoms with van der Waals surface area (Å²) in [4.78, 5) is 13.8. The Balaban J connectivity index is 1.95. The van der Waals surface area contributed by atoms with Gasteiger partial charge in [0.05, 0.1) is 17.6 Å². The van der Waals surface area contributed by atoms with Gasteiger partial charge in [-0.15, -0.1) is 0 Å². The molecule has 0 bridgehead atoms. The second kappa shape index (κ2) is 3.84. The number of hydrogen-bond acceptors (Lipinski definition) is 3. The lowest BCUT2D eigenvalue weighted by Crippen LogP contribution is -2.44. The molecule has 1 saturated heterocycles. The molecule has 4 nitrogen and oxygen atoms in total. The first kappa shape index (κ1) is 12.7. The number of nitrogens with zero attached hydrogens (tertiary/aromatic N) is 1. The molecule has 0 atom stereocenters. The van der Waals surface area contributed by atoms with Gasteiger partial charge in [-0.2, -0.15) is 0 Å². The van der Waals surface area contributed by atoms with Gasteiger partial charge in [0, 0.05) is 5.69 Å². The SMILES string of the molecule is CC1(C)OB(N2C(=O)Cc3ccccc32)OC1(C)C. The van der Waals surface area contributed by atoms with Gasteiger partial charge in [0.15, 0.2) is 0 Å². The van der Waals surface area contributed by atoms with Gasteiger partial charge in [0.1, 0.15) is 0 Å². The predicted molar refractivity (Wildman–Crippen MR) is 73.7 cm³/mol. The van der Waals surface area contributed by atoms with Gasteiger partial charge in [-0.05, 0) is 39.3 Å². The summed E-state index contributed by atoms with van der Waals surface area (Å²) < 4.78 is 11.9. The standard InChI is InChI=1S/C14H18BNO3/c1-13(2)14(3,4)19-15(18-13)16-11-8-6-5-7-10(11)9-12(16)17/h5-8H,9H2,1-4H3. The third-order valence-corrected chi connectivity index (χ3v) is 4.31. The van der Waals surface area contributed by atoms with Crippen LogP contribution in [-0.4, -0.2) is 24.4 Å². The lowest BCUT2D eigenvalue weighted by atomic mass is 9.90. The summed E-state index contributed by atoms with van der Waals surface area (Å²) in [6.45, 7) is 7.94. The number of para-hydroxylation sites is 1. The van der Waals surface area contributed by atoms with Gasteiger partial charge < -0.3 is 14.1 Å². The van der Waals surface area contributed by atoms with E-state index in [4.69, 9.17) is 9.31 Å². The Labute approximate surface area is 113 Å². The van der Waals surface area contributed by atoms with E-state index in [9.17, 15) is 4.79 Å². The molecule has 19 heavy (non-hydrogen) atoms. The van der Waals surface area contributed by atoms with Crippen molar-refractivity contribution in [1.82, 2.24) is 0 Å². The number of anilines is 1. The molecule has 5 heteroatoms. The zero-order valence-electron chi connectivity index (χ0n) is 11.8. The van der Waals surface area contributed by atoms with Crippen LogP contribution in [0.5, 0.6) is 0 Å². The molecular weight excluding hydrogens is 241 g/mol. The molecule has 1 aromatic rings. The number of benzene rings is 1. The van der Waals surface area contributed by atoms with Crippen molar-refractivity contribution in [1.29, 1.82) is 0 Å². The maximum atomic E-state index is 12.2. The number of hydrogen-bond donors (Lipinski definition) is 0. The Morgan fingerprint density at radius 2 is 1.68 bits per heavy atom. The lowest BCUT2D eigenvalue weighted by Gasteiger charge is -2.32. The van der Waals surface area contributed by atoms with Gasteiger partial charge in [-0.3, -0.25) is 4.79 Å². The highest BCUT2D eigenvalue weighted by molar-refractivity contribution is 6.57. The largest absolute Gasteiger partial charge is 0.601 e. The van der Waals surface area contributed by atoms with Gasteiger partial charge >= 0.3 is 7.25 Å². The number of amides is 1. The normalized spacial score (nSPS) is 23.9. The van der Waals surface area contributed by atoms with E-state index in [1.54, 1.807) is 4.81 Å². The molecule has 2 aliphatic rings. The molecule has 0 N–H and O–H groups in total. The fourth-order valence-corrected chi connectivity index (χ4v) is 2.43. The summed E-state index contributed by atoms with van der Waals surface area (Å²) in [7, 11) is -0.638. The predicted octanol–water partition coefficient (Wildman–Crippen LogP) is 2.16. The Kier molecular flexibility index (Phi) is 2.56. The summed E-state index contributed by atoms with van der Waals surface area (Å²) in [5, 5.41) is 0. The van der Waals surface area contributed by atoms with Crippen LogP contribution in [0.2, 0.25) is 0 Å². The molecule has 0 unspecified atom stereocenters. The van der Waals surface area contributed by atoms with Gasteiger partial charge in [-0.1, -0.05) is 18.2 Å². The summed E-state index contributed by atoms with van der Waals surface area (Å²) in [6, 6.07) is 7.78. The van der Waals surface area contributed by atoms with Crippen molar-refractivity contribution in [3.05, 3.63) is 29.8 Å². The van der Waals surface area contributed by atoms with E-state index in [0.29, 0.717) is 6.42 Å². The monoisotopic (exact) mass is 259 g/mol. The highest BCUT2D eigenvalue weighted by Gasteiger charge is 2.56. The maximum Gasteiger partial charge on any atom is 0.601 e. The van der Waals surface area contributed by atoms with Crippen LogP contribution in [0.15, 0.2) is 24.3 Å². The molecular formula is C14H18BNO3. The molecule has 0 saturated carbocycles. The van der Waals surface area contributed by atoms with Crippen LogP contribution in [0.25, 0.3) is 0 Å². The first-order chi connectivity index (χ1) is 8.82. The third-order valence-electron chi connectivity index (χ3n) is 4.31. The average molecular weight is 259 g/mol. The first-order valence-electron chi connectivity index (χ1n) is 6.57. The van der Waals surface area contributed by atoms with Crippen LogP contribution < -0.4 is 4.81 Å². The van der Waals surface area contributed by atoms with Crippen molar-refractivity contribution < 1.29 is 14.1 Å². The van der Waals surface area contributed by atoms with Crippen LogP contribution in [-0.2, 0) is 20.5 Å². The fourth-order valence-electron chi connectivity index (χ4n) is 2.43. The summed E-state index contributed by atoms with van der Waals surface area (Å²) >= 11 is 0. The quantitative estimate of drug-likeness (QED) is 0.725. The molecule has 1 aromatic carbocycles. The lowest BCUT2D eigenvalue weighted by molar-refractivity contribution is -0.116. The summed E-state index contributed by atoms with van der Waals surface area (Å²) in [5.74, 6) is 0.0275. The minimum absolute atomic E-state index is 0.0275. The zero-order valence-corrected chi connectivity index (χ0v) is 11.8. The smallest absolute Gasteiger partial charge is 0.384 e. The molecule has 2 aliphatic heterocycles. The minimum atomic E-state index is -0.638. The summed E-state index contributed by atoms with van der Waals surface area (Å²) in [6.07, 6.45) is 0.417. The molecule has 0 radical (unpaired) electrons. The van der Waals surface area contributed by atoms with E-state index in [2.05, 4.69) is 0 Å². The van der Waals surface area contributed by atoms with Gasteiger partial charge in [-0.25, -0.2) is 0 Å². The van der Waals surface area contributed by atoms with Crippen LogP contribution >= 0.6 is 0 Å². The minimum Gasteiger partial charge on any atom is -0.384 e. The van der Waals surface area contributed by atoms with Gasteiger partial charge in [0.25, 0.3) is 0 Å². The zero-order chi connectivity index (χ0) is 13.8. The molecule has 0 aliphatic carbocycles. The second-order valence-electron chi connectivity index (χ2n) is 6.13.